The van der Waals surface area contributed by atoms with Gasteiger partial charge in [0.2, 0.25) is 5.91 Å². The van der Waals surface area contributed by atoms with Gasteiger partial charge in [0.05, 0.1) is 12.6 Å². The predicted octanol–water partition coefficient (Wildman–Crippen LogP) is 3.67. The van der Waals surface area contributed by atoms with Gasteiger partial charge in [-0.25, -0.2) is 9.78 Å². The summed E-state index contributed by atoms with van der Waals surface area (Å²) in [4.78, 5) is 30.8. The van der Waals surface area contributed by atoms with Crippen LogP contribution in [0.5, 0.6) is 5.75 Å². The van der Waals surface area contributed by atoms with E-state index in [2.05, 4.69) is 15.4 Å². The maximum absolute atomic E-state index is 13.4. The fourth-order valence-corrected chi connectivity index (χ4v) is 3.76. The zero-order valence-corrected chi connectivity index (χ0v) is 18.1. The number of aryl methyl sites for hydroxylation is 1. The number of aromatic nitrogens is 4. The van der Waals surface area contributed by atoms with Crippen LogP contribution in [0.1, 0.15) is 5.56 Å². The van der Waals surface area contributed by atoms with E-state index in [1.807, 2.05) is 49.4 Å². The number of carbonyl (C=O) groups excluding carboxylic acids is 1. The molecular weight excluding hydrogens is 418 g/mol. The van der Waals surface area contributed by atoms with Crippen molar-refractivity contribution >= 4 is 28.1 Å². The number of benzene rings is 3. The number of fused-ring (bicyclic) bond motifs is 3. The number of hydrogen-bond acceptors (Lipinski definition) is 5. The number of amides is 1. The van der Waals surface area contributed by atoms with Crippen molar-refractivity contribution in [3.05, 3.63) is 88.8 Å². The van der Waals surface area contributed by atoms with Crippen LogP contribution in [-0.2, 0) is 11.3 Å². The van der Waals surface area contributed by atoms with Crippen molar-refractivity contribution in [3.63, 3.8) is 0 Å². The summed E-state index contributed by atoms with van der Waals surface area (Å²) in [5, 5.41) is 8.01. The Morgan fingerprint density at radius 2 is 1.82 bits per heavy atom. The van der Waals surface area contributed by atoms with Crippen LogP contribution in [0.2, 0.25) is 0 Å². The molecule has 0 unspecified atom stereocenters. The van der Waals surface area contributed by atoms with E-state index >= 15 is 0 Å². The van der Waals surface area contributed by atoms with E-state index in [1.165, 1.54) is 9.08 Å². The highest BCUT2D eigenvalue weighted by Crippen LogP contribution is 2.22. The molecule has 33 heavy (non-hydrogen) atoms. The van der Waals surface area contributed by atoms with Crippen LogP contribution in [0, 0.1) is 6.92 Å². The summed E-state index contributed by atoms with van der Waals surface area (Å²) in [6.07, 6.45) is 0. The highest BCUT2D eigenvalue weighted by molar-refractivity contribution is 5.95. The molecule has 1 amide bonds. The Kier molecular flexibility index (Phi) is 5.10. The number of nitrogens with zero attached hydrogens (tertiary/aromatic N) is 4. The summed E-state index contributed by atoms with van der Waals surface area (Å²) in [6.45, 7) is 1.83. The normalized spacial score (nSPS) is 11.1. The molecule has 0 aliphatic carbocycles. The number of nitrogens with one attached hydrogen (secondary N) is 1. The second-order valence-corrected chi connectivity index (χ2v) is 7.70. The molecule has 0 saturated heterocycles. The van der Waals surface area contributed by atoms with Crippen LogP contribution in [-0.4, -0.2) is 32.2 Å². The van der Waals surface area contributed by atoms with E-state index in [9.17, 15) is 9.59 Å². The molecule has 5 rings (SSSR count). The third-order valence-corrected chi connectivity index (χ3v) is 5.42. The number of rotatable bonds is 5. The molecule has 8 heteroatoms. The van der Waals surface area contributed by atoms with Crippen LogP contribution in [0.4, 0.5) is 5.69 Å². The van der Waals surface area contributed by atoms with Gasteiger partial charge in [-0.3, -0.25) is 9.36 Å². The highest BCUT2D eigenvalue weighted by atomic mass is 16.5. The van der Waals surface area contributed by atoms with Crippen molar-refractivity contribution in [2.24, 2.45) is 0 Å². The Labute approximate surface area is 189 Å². The molecule has 0 saturated carbocycles. The second kappa shape index (κ2) is 8.23. The summed E-state index contributed by atoms with van der Waals surface area (Å²) in [6, 6.07) is 22.2. The summed E-state index contributed by atoms with van der Waals surface area (Å²) in [5.74, 6) is 0.743. The van der Waals surface area contributed by atoms with E-state index in [0.29, 0.717) is 28.4 Å². The van der Waals surface area contributed by atoms with Gasteiger partial charge in [0.15, 0.2) is 11.5 Å². The van der Waals surface area contributed by atoms with Crippen molar-refractivity contribution in [2.75, 3.05) is 12.4 Å². The molecule has 2 aromatic heterocycles. The topological polar surface area (TPSA) is 90.5 Å². The predicted molar refractivity (Wildman–Crippen MR) is 127 cm³/mol. The lowest BCUT2D eigenvalue weighted by Crippen LogP contribution is -2.32. The molecule has 0 radical (unpaired) electrons. The molecule has 5 aromatic rings. The molecule has 0 aliphatic rings. The lowest BCUT2D eigenvalue weighted by molar-refractivity contribution is -0.116. The van der Waals surface area contributed by atoms with Crippen LogP contribution in [0.25, 0.3) is 27.9 Å². The average Bonchev–Trinajstić information content (AvgIpc) is 3.28. The van der Waals surface area contributed by atoms with Crippen molar-refractivity contribution in [1.29, 1.82) is 0 Å². The molecule has 164 valence electrons. The number of anilines is 1. The van der Waals surface area contributed by atoms with Crippen molar-refractivity contribution in [2.45, 2.75) is 13.5 Å². The van der Waals surface area contributed by atoms with Crippen molar-refractivity contribution in [1.82, 2.24) is 19.2 Å². The van der Waals surface area contributed by atoms with Gasteiger partial charge in [0, 0.05) is 22.7 Å². The Bertz CT molecular complexity index is 1550. The smallest absolute Gasteiger partial charge is 0.351 e. The minimum atomic E-state index is -0.435. The first-order valence-corrected chi connectivity index (χ1v) is 10.4. The van der Waals surface area contributed by atoms with Gasteiger partial charge in [-0.2, -0.15) is 4.52 Å². The first-order chi connectivity index (χ1) is 16.0. The molecule has 0 spiro atoms. The largest absolute Gasteiger partial charge is 0.497 e. The maximum atomic E-state index is 13.4. The summed E-state index contributed by atoms with van der Waals surface area (Å²) in [7, 11) is 1.56. The molecule has 0 bridgehead atoms. The van der Waals surface area contributed by atoms with Gasteiger partial charge in [-0.15, -0.1) is 5.10 Å². The fourth-order valence-electron chi connectivity index (χ4n) is 3.76. The summed E-state index contributed by atoms with van der Waals surface area (Å²) >= 11 is 0. The van der Waals surface area contributed by atoms with Crippen LogP contribution < -0.4 is 15.7 Å². The van der Waals surface area contributed by atoms with E-state index in [1.54, 1.807) is 37.4 Å². The van der Waals surface area contributed by atoms with Crippen molar-refractivity contribution in [3.8, 4) is 17.1 Å². The Morgan fingerprint density at radius 1 is 1.03 bits per heavy atom. The van der Waals surface area contributed by atoms with Crippen LogP contribution in [0.15, 0.2) is 77.6 Å². The molecule has 0 fully saturated rings. The van der Waals surface area contributed by atoms with E-state index in [0.717, 1.165) is 16.5 Å². The standard InChI is InChI=1S/C25H21N5O3/c1-16-10-12-17(13-11-16)23-27-24-20-8-3-4-9-21(20)29(25(32)30(24)28-23)15-22(31)26-18-6-5-7-19(14-18)33-2/h3-14H,15H2,1-2H3,(H,26,31). The highest BCUT2D eigenvalue weighted by Gasteiger charge is 2.17. The number of carbonyl (C=O) groups is 1. The fraction of sp³-hybridized carbons (Fsp3) is 0.120. The lowest BCUT2D eigenvalue weighted by atomic mass is 10.1. The zero-order chi connectivity index (χ0) is 22.9. The third kappa shape index (κ3) is 3.82. The van der Waals surface area contributed by atoms with Gasteiger partial charge in [-0.05, 0) is 31.2 Å². The van der Waals surface area contributed by atoms with E-state index in [-0.39, 0.29) is 12.5 Å². The first kappa shape index (κ1) is 20.4. The van der Waals surface area contributed by atoms with Gasteiger partial charge in [0.1, 0.15) is 12.3 Å². The SMILES string of the molecule is COc1cccc(NC(=O)Cn2c(=O)n3nc(-c4ccc(C)cc4)nc3c3ccccc32)c1. The third-order valence-electron chi connectivity index (χ3n) is 5.42. The average molecular weight is 439 g/mol. The minimum absolute atomic E-state index is 0.174. The van der Waals surface area contributed by atoms with Crippen LogP contribution >= 0.6 is 0 Å². The van der Waals surface area contributed by atoms with E-state index < -0.39 is 5.69 Å². The molecule has 0 atom stereocenters. The number of hydrogen-bond donors (Lipinski definition) is 1. The van der Waals surface area contributed by atoms with Gasteiger partial charge in [-0.1, -0.05) is 48.0 Å². The molecule has 8 nitrogen and oxygen atoms in total. The van der Waals surface area contributed by atoms with Crippen LogP contribution in [0.3, 0.4) is 0 Å². The Hall–Kier alpha value is -4.46. The quantitative estimate of drug-likeness (QED) is 0.451. The Morgan fingerprint density at radius 3 is 2.61 bits per heavy atom. The monoisotopic (exact) mass is 439 g/mol. The summed E-state index contributed by atoms with van der Waals surface area (Å²) in [5.41, 5.74) is 3.15. The minimum Gasteiger partial charge on any atom is -0.497 e. The molecular formula is C25H21N5O3. The number of methoxy groups -OCH3 is 1. The van der Waals surface area contributed by atoms with E-state index in [4.69, 9.17) is 4.74 Å². The first-order valence-electron chi connectivity index (χ1n) is 10.4. The number of ether oxygens (including phenoxy) is 1. The molecule has 0 aliphatic heterocycles. The molecule has 1 N–H and O–H groups in total. The van der Waals surface area contributed by atoms with Gasteiger partial charge >= 0.3 is 5.69 Å². The maximum Gasteiger partial charge on any atom is 0.351 e. The Balaban J connectivity index is 1.58. The van der Waals surface area contributed by atoms with Gasteiger partial charge < -0.3 is 10.1 Å². The summed E-state index contributed by atoms with van der Waals surface area (Å²) < 4.78 is 7.87. The van der Waals surface area contributed by atoms with Crippen molar-refractivity contribution < 1.29 is 9.53 Å². The molecule has 3 aromatic carbocycles. The lowest BCUT2D eigenvalue weighted by Gasteiger charge is -2.11. The zero-order valence-electron chi connectivity index (χ0n) is 18.1. The molecule has 2 heterocycles. The van der Waals surface area contributed by atoms with Gasteiger partial charge in [0.25, 0.3) is 0 Å². The number of para-hydroxylation sites is 1. The second-order valence-electron chi connectivity index (χ2n) is 7.70.